The minimum absolute atomic E-state index is 0.148. The summed E-state index contributed by atoms with van der Waals surface area (Å²) in [6, 6.07) is 5.69. The Morgan fingerprint density at radius 3 is 2.34 bits per heavy atom. The molecule has 224 valence electrons. The molecule has 0 radical (unpaired) electrons. The van der Waals surface area contributed by atoms with E-state index in [0.29, 0.717) is 22.3 Å². The molecule has 0 spiro atoms. The number of piperazine rings is 1. The summed E-state index contributed by atoms with van der Waals surface area (Å²) in [6.07, 6.45) is -3.93. The van der Waals surface area contributed by atoms with Gasteiger partial charge in [0.25, 0.3) is 0 Å². The molecule has 2 N–H and O–H groups in total. The Bertz CT molecular complexity index is 1290. The van der Waals surface area contributed by atoms with Crippen molar-refractivity contribution in [1.82, 2.24) is 14.7 Å². The maximum Gasteiger partial charge on any atom is 0.416 e. The lowest BCUT2D eigenvalue weighted by atomic mass is 9.77. The first kappa shape index (κ1) is 30.8. The highest BCUT2D eigenvalue weighted by Crippen LogP contribution is 2.49. The molecule has 2 saturated heterocycles. The topological polar surface area (TPSA) is 84.3 Å². The van der Waals surface area contributed by atoms with E-state index in [4.69, 9.17) is 0 Å². The Morgan fingerprint density at radius 2 is 1.76 bits per heavy atom. The molecule has 41 heavy (non-hydrogen) atoms. The summed E-state index contributed by atoms with van der Waals surface area (Å²) in [7, 11) is 1.53. The lowest BCUT2D eigenvalue weighted by Gasteiger charge is -2.47. The summed E-state index contributed by atoms with van der Waals surface area (Å²) in [5.74, 6) is -0.636. The number of aliphatic hydroxyl groups excluding tert-OH is 2. The largest absolute Gasteiger partial charge is 0.416 e. The van der Waals surface area contributed by atoms with E-state index in [0.717, 1.165) is 12.1 Å². The first-order valence-electron chi connectivity index (χ1n) is 13.7. The van der Waals surface area contributed by atoms with Crippen molar-refractivity contribution in [2.24, 2.45) is 5.41 Å². The van der Waals surface area contributed by atoms with Gasteiger partial charge in [0.2, 0.25) is 5.91 Å². The first-order valence-corrected chi connectivity index (χ1v) is 13.7. The van der Waals surface area contributed by atoms with Crippen molar-refractivity contribution in [3.63, 3.8) is 0 Å². The Morgan fingerprint density at radius 1 is 1.10 bits per heavy atom. The quantitative estimate of drug-likeness (QED) is 0.453. The van der Waals surface area contributed by atoms with Crippen LogP contribution in [0.2, 0.25) is 0 Å². The van der Waals surface area contributed by atoms with Crippen LogP contribution in [0.5, 0.6) is 0 Å². The van der Waals surface area contributed by atoms with Crippen molar-refractivity contribution in [3.05, 3.63) is 70.0 Å². The predicted octanol–water partition coefficient (Wildman–Crippen LogP) is 4.98. The minimum Gasteiger partial charge on any atom is -0.396 e. The van der Waals surface area contributed by atoms with E-state index in [9.17, 15) is 37.4 Å². The Kier molecular flexibility index (Phi) is 8.71. The molecule has 2 aliphatic rings. The van der Waals surface area contributed by atoms with Gasteiger partial charge < -0.3 is 24.9 Å². The van der Waals surface area contributed by atoms with Gasteiger partial charge in [-0.05, 0) is 81.0 Å². The summed E-state index contributed by atoms with van der Waals surface area (Å²) in [4.78, 5) is 32.4. The molecule has 2 aliphatic heterocycles. The highest BCUT2D eigenvalue weighted by Gasteiger charge is 2.56. The maximum absolute atomic E-state index is 14.1. The SMILES string of the molecule is Cc1cc([C@@H](C)N(C)C(=O)N2CCN3C(=O)C(CCO)(CCO)CC3C2c2ccc(F)cc2C)cc(C(F)(F)F)c1. The standard InChI is InChI=1S/C30H37F4N3O4/c1-18-13-21(16-22(14-18)30(32,33)34)20(3)35(4)28(41)37-10-9-36-25(17-29(7-11-38,8-12-39)27(36)40)26(37)24-6-5-23(31)15-19(24)2/h5-6,13-16,20,25-26,38-39H,7-12,17H2,1-4H3/t20-,25?,26?/m1/s1. The second-order valence-electron chi connectivity index (χ2n) is 11.3. The third-order valence-electron chi connectivity index (χ3n) is 8.77. The van der Waals surface area contributed by atoms with Crippen LogP contribution in [-0.4, -0.2) is 76.2 Å². The molecule has 0 aliphatic carbocycles. The Balaban J connectivity index is 1.73. The van der Waals surface area contributed by atoms with E-state index in [1.807, 2.05) is 0 Å². The number of nitrogens with zero attached hydrogens (tertiary/aromatic N) is 3. The molecule has 2 heterocycles. The van der Waals surface area contributed by atoms with Crippen LogP contribution >= 0.6 is 0 Å². The third kappa shape index (κ3) is 5.79. The number of aryl methyl sites for hydroxylation is 2. The zero-order chi connectivity index (χ0) is 30.3. The molecule has 2 fully saturated rings. The number of hydrogen-bond donors (Lipinski definition) is 2. The second kappa shape index (κ2) is 11.6. The molecular formula is C30H37F4N3O4. The number of carbonyl (C=O) groups is 2. The number of halogens is 4. The lowest BCUT2D eigenvalue weighted by molar-refractivity contribution is -0.140. The molecule has 2 aromatic rings. The van der Waals surface area contributed by atoms with Gasteiger partial charge in [0.05, 0.1) is 29.1 Å². The number of alkyl halides is 3. The van der Waals surface area contributed by atoms with Gasteiger partial charge >= 0.3 is 12.2 Å². The van der Waals surface area contributed by atoms with Gasteiger partial charge in [0, 0.05) is 33.4 Å². The summed E-state index contributed by atoms with van der Waals surface area (Å²) in [6.45, 7) is 4.84. The van der Waals surface area contributed by atoms with Crippen LogP contribution in [0.4, 0.5) is 22.4 Å². The fourth-order valence-electron chi connectivity index (χ4n) is 6.51. The van der Waals surface area contributed by atoms with E-state index in [1.165, 1.54) is 24.1 Å². The van der Waals surface area contributed by atoms with Crippen LogP contribution in [0.3, 0.4) is 0 Å². The summed E-state index contributed by atoms with van der Waals surface area (Å²) >= 11 is 0. The predicted molar refractivity (Wildman–Crippen MR) is 144 cm³/mol. The highest BCUT2D eigenvalue weighted by atomic mass is 19.4. The molecule has 0 saturated carbocycles. The van der Waals surface area contributed by atoms with E-state index in [2.05, 4.69) is 0 Å². The normalized spacial score (nSPS) is 21.2. The van der Waals surface area contributed by atoms with Crippen LogP contribution in [-0.2, 0) is 11.0 Å². The monoisotopic (exact) mass is 579 g/mol. The van der Waals surface area contributed by atoms with Crippen molar-refractivity contribution < 1.29 is 37.4 Å². The fraction of sp³-hybridized carbons (Fsp3) is 0.533. The maximum atomic E-state index is 14.1. The van der Waals surface area contributed by atoms with Crippen molar-refractivity contribution in [3.8, 4) is 0 Å². The Hall–Kier alpha value is -3.18. The lowest BCUT2D eigenvalue weighted by Crippen LogP contribution is -2.57. The number of urea groups is 1. The van der Waals surface area contributed by atoms with Gasteiger partial charge in [-0.2, -0.15) is 13.2 Å². The number of aliphatic hydroxyl groups is 2. The molecule has 3 amide bonds. The number of fused-ring (bicyclic) bond motifs is 1. The molecule has 0 aromatic heterocycles. The third-order valence-corrected chi connectivity index (χ3v) is 8.77. The average molecular weight is 580 g/mol. The average Bonchev–Trinajstić information content (AvgIpc) is 3.18. The summed E-state index contributed by atoms with van der Waals surface area (Å²) in [5, 5.41) is 19.5. The van der Waals surface area contributed by atoms with Gasteiger partial charge in [0.1, 0.15) is 5.82 Å². The van der Waals surface area contributed by atoms with Crippen LogP contribution in [0.1, 0.15) is 66.1 Å². The van der Waals surface area contributed by atoms with Crippen molar-refractivity contribution >= 4 is 11.9 Å². The molecule has 2 unspecified atom stereocenters. The van der Waals surface area contributed by atoms with E-state index in [1.54, 1.807) is 42.7 Å². The Labute approximate surface area is 237 Å². The number of carbonyl (C=O) groups excluding carboxylic acids is 2. The van der Waals surface area contributed by atoms with E-state index in [-0.39, 0.29) is 51.5 Å². The molecule has 2 aromatic carbocycles. The first-order chi connectivity index (χ1) is 19.2. The molecule has 4 rings (SSSR count). The molecular weight excluding hydrogens is 542 g/mol. The van der Waals surface area contributed by atoms with Gasteiger partial charge in [-0.1, -0.05) is 17.7 Å². The number of hydrogen-bond acceptors (Lipinski definition) is 4. The van der Waals surface area contributed by atoms with Crippen molar-refractivity contribution in [2.45, 2.75) is 64.3 Å². The fourth-order valence-corrected chi connectivity index (χ4v) is 6.51. The van der Waals surface area contributed by atoms with Crippen LogP contribution in [0.15, 0.2) is 36.4 Å². The van der Waals surface area contributed by atoms with Crippen molar-refractivity contribution in [2.75, 3.05) is 33.4 Å². The van der Waals surface area contributed by atoms with Crippen LogP contribution in [0.25, 0.3) is 0 Å². The van der Waals surface area contributed by atoms with Gasteiger partial charge in [-0.25, -0.2) is 9.18 Å². The van der Waals surface area contributed by atoms with Gasteiger partial charge in [0.15, 0.2) is 0 Å². The smallest absolute Gasteiger partial charge is 0.396 e. The summed E-state index contributed by atoms with van der Waals surface area (Å²) in [5.41, 5.74) is 0.220. The molecule has 7 nitrogen and oxygen atoms in total. The number of amides is 3. The summed E-state index contributed by atoms with van der Waals surface area (Å²) < 4.78 is 54.7. The van der Waals surface area contributed by atoms with Crippen LogP contribution in [0, 0.1) is 25.1 Å². The number of rotatable bonds is 7. The van der Waals surface area contributed by atoms with Gasteiger partial charge in [-0.15, -0.1) is 0 Å². The zero-order valence-corrected chi connectivity index (χ0v) is 23.7. The zero-order valence-electron chi connectivity index (χ0n) is 23.7. The second-order valence-corrected chi connectivity index (χ2v) is 11.3. The van der Waals surface area contributed by atoms with E-state index >= 15 is 0 Å². The van der Waals surface area contributed by atoms with E-state index < -0.39 is 47.1 Å². The highest BCUT2D eigenvalue weighted by molar-refractivity contribution is 5.86. The molecule has 11 heteroatoms. The van der Waals surface area contributed by atoms with Crippen LogP contribution < -0.4 is 0 Å². The van der Waals surface area contributed by atoms with Crippen molar-refractivity contribution in [1.29, 1.82) is 0 Å². The molecule has 3 atom stereocenters. The number of benzene rings is 2. The minimum atomic E-state index is -4.53. The van der Waals surface area contributed by atoms with Gasteiger partial charge in [-0.3, -0.25) is 4.79 Å². The molecule has 0 bridgehead atoms.